The van der Waals surface area contributed by atoms with Crippen molar-refractivity contribution in [2.24, 2.45) is 0 Å². The third kappa shape index (κ3) is 14.3. The molecule has 0 saturated heterocycles. The maximum absolute atomic E-state index is 3.77. The molecule has 1 nitrogen and oxygen atoms in total. The van der Waals surface area contributed by atoms with E-state index in [1.54, 1.807) is 0 Å². The van der Waals surface area contributed by atoms with Gasteiger partial charge in [0.05, 0.1) is 0 Å². The van der Waals surface area contributed by atoms with Crippen molar-refractivity contribution in [3.05, 3.63) is 36.8 Å². The molecule has 0 unspecified atom stereocenters. The molecule has 0 aliphatic heterocycles. The molecule has 0 amide bonds. The molecule has 0 aromatic heterocycles. The molecule has 1 N–H and O–H groups in total. The molecule has 0 fully saturated rings. The fraction of sp³-hybridized carbons (Fsp3) is 0.417. The Morgan fingerprint density at radius 1 is 0.867 bits per heavy atom. The fourth-order valence-corrected chi connectivity index (χ4v) is 0.671. The Hall–Kier alpha value is 0.267. The molecule has 0 bridgehead atoms. The summed E-state index contributed by atoms with van der Waals surface area (Å²) in [5.41, 5.74) is 2.18. The summed E-state index contributed by atoms with van der Waals surface area (Å²) < 4.78 is 0. The molecule has 0 aliphatic rings. The van der Waals surface area contributed by atoms with E-state index >= 15 is 0 Å². The molecule has 88 valence electrons. The zero-order chi connectivity index (χ0) is 10.7. The average molecular weight is 548 g/mol. The largest absolute Gasteiger partial charge is 0.390 e. The minimum Gasteiger partial charge on any atom is -0.390 e. The zero-order valence-corrected chi connectivity index (χ0v) is 16.2. The van der Waals surface area contributed by atoms with E-state index < -0.39 is 0 Å². The minimum absolute atomic E-state index is 0. The van der Waals surface area contributed by atoms with Crippen molar-refractivity contribution < 1.29 is 42.1 Å². The van der Waals surface area contributed by atoms with Gasteiger partial charge in [-0.3, -0.25) is 0 Å². The monoisotopic (exact) mass is 548 g/mol. The molecule has 0 heterocycles. The van der Waals surface area contributed by atoms with Crippen LogP contribution in [0.2, 0.25) is 0 Å². The summed E-state index contributed by atoms with van der Waals surface area (Å²) in [6.45, 7) is 11.8. The number of hydrogen-bond donors (Lipinski definition) is 1. The van der Waals surface area contributed by atoms with E-state index in [-0.39, 0.29) is 42.1 Å². The van der Waals surface area contributed by atoms with Gasteiger partial charge in [-0.05, 0) is 0 Å². The van der Waals surface area contributed by atoms with E-state index in [1.165, 1.54) is 0 Å². The van der Waals surface area contributed by atoms with Crippen LogP contribution in [-0.2, 0) is 42.1 Å². The number of nitrogens with one attached hydrogen (secondary N) is 1. The standard InChI is InChI=1S/C8H10N.2C2H6.2W/c1-7-3-5-8(9-2)6-4-7;2*1-2;;/h3-6,9H,1H2,2H3;2*1-2H3;;/q-1;;;;. The van der Waals surface area contributed by atoms with Crippen LogP contribution in [0, 0.1) is 6.92 Å². The first kappa shape index (κ1) is 24.5. The molecular formula is C12H22NW2-. The summed E-state index contributed by atoms with van der Waals surface area (Å²) in [4.78, 5) is 0. The molecule has 1 rings (SSSR count). The molecule has 0 spiro atoms. The number of benzene rings is 1. The second-order valence-corrected chi connectivity index (χ2v) is 1.95. The van der Waals surface area contributed by atoms with Gasteiger partial charge in [0, 0.05) is 54.9 Å². The van der Waals surface area contributed by atoms with Crippen LogP contribution >= 0.6 is 0 Å². The average Bonchev–Trinajstić information content (AvgIpc) is 2.25. The molecule has 1 aromatic rings. The number of anilines is 1. The maximum atomic E-state index is 3.77. The van der Waals surface area contributed by atoms with Crippen LogP contribution in [-0.4, -0.2) is 7.05 Å². The minimum atomic E-state index is 0. The first-order chi connectivity index (χ1) is 6.33. The van der Waals surface area contributed by atoms with E-state index in [2.05, 4.69) is 12.2 Å². The zero-order valence-electron chi connectivity index (χ0n) is 10.3. The van der Waals surface area contributed by atoms with Gasteiger partial charge in [0.2, 0.25) is 0 Å². The number of hydrogen-bond acceptors (Lipinski definition) is 1. The van der Waals surface area contributed by atoms with Gasteiger partial charge >= 0.3 is 0 Å². The van der Waals surface area contributed by atoms with Crippen molar-refractivity contribution in [1.29, 1.82) is 0 Å². The first-order valence-corrected chi connectivity index (χ1v) is 4.92. The van der Waals surface area contributed by atoms with Gasteiger partial charge in [-0.25, -0.2) is 0 Å². The third-order valence-electron chi connectivity index (χ3n) is 1.24. The molecule has 0 aliphatic carbocycles. The van der Waals surface area contributed by atoms with Crippen molar-refractivity contribution in [3.8, 4) is 0 Å². The van der Waals surface area contributed by atoms with Crippen molar-refractivity contribution in [1.82, 2.24) is 0 Å². The van der Waals surface area contributed by atoms with Crippen LogP contribution in [0.5, 0.6) is 0 Å². The Labute approximate surface area is 124 Å². The Balaban J connectivity index is -0.0000000910. The van der Waals surface area contributed by atoms with Crippen LogP contribution in [0.15, 0.2) is 24.3 Å². The second kappa shape index (κ2) is 19.8. The van der Waals surface area contributed by atoms with Crippen LogP contribution in [0.4, 0.5) is 5.69 Å². The van der Waals surface area contributed by atoms with Gasteiger partial charge in [-0.1, -0.05) is 39.8 Å². The normalized spacial score (nSPS) is 6.20. The van der Waals surface area contributed by atoms with Crippen molar-refractivity contribution in [3.63, 3.8) is 0 Å². The molecule has 0 radical (unpaired) electrons. The fourth-order valence-electron chi connectivity index (χ4n) is 0.671. The van der Waals surface area contributed by atoms with E-state index in [0.29, 0.717) is 0 Å². The first-order valence-electron chi connectivity index (χ1n) is 4.92. The van der Waals surface area contributed by atoms with Gasteiger partial charge in [-0.2, -0.15) is 24.6 Å². The molecule has 0 saturated carbocycles. The molecular weight excluding hydrogens is 526 g/mol. The maximum Gasteiger partial charge on any atom is 0.00914 e. The van der Waals surface area contributed by atoms with Crippen LogP contribution in [0.1, 0.15) is 33.3 Å². The molecule has 15 heavy (non-hydrogen) atoms. The van der Waals surface area contributed by atoms with E-state index in [0.717, 1.165) is 11.3 Å². The van der Waals surface area contributed by atoms with Crippen LogP contribution < -0.4 is 5.32 Å². The summed E-state index contributed by atoms with van der Waals surface area (Å²) >= 11 is 0. The quantitative estimate of drug-likeness (QED) is 0.525. The van der Waals surface area contributed by atoms with Gasteiger partial charge < -0.3 is 5.32 Å². The van der Waals surface area contributed by atoms with Crippen LogP contribution in [0.25, 0.3) is 0 Å². The van der Waals surface area contributed by atoms with Gasteiger partial charge in [0.1, 0.15) is 0 Å². The Morgan fingerprint density at radius 2 is 1.20 bits per heavy atom. The summed E-state index contributed by atoms with van der Waals surface area (Å²) in [5, 5.41) is 3.03. The van der Waals surface area contributed by atoms with E-state index in [1.807, 2.05) is 59.0 Å². The van der Waals surface area contributed by atoms with Crippen LogP contribution in [0.3, 0.4) is 0 Å². The summed E-state index contributed by atoms with van der Waals surface area (Å²) in [5.74, 6) is 0. The third-order valence-corrected chi connectivity index (χ3v) is 1.24. The van der Waals surface area contributed by atoms with Crippen molar-refractivity contribution in [2.75, 3.05) is 12.4 Å². The van der Waals surface area contributed by atoms with E-state index in [9.17, 15) is 0 Å². The SMILES string of the molecule is CC.CC.[CH2-]c1ccc(NC)cc1.[W].[W]. The summed E-state index contributed by atoms with van der Waals surface area (Å²) in [7, 11) is 1.90. The Bertz CT molecular complexity index is 185. The predicted octanol–water partition coefficient (Wildman–Crippen LogP) is 3.96. The molecule has 0 atom stereocenters. The van der Waals surface area contributed by atoms with Crippen molar-refractivity contribution in [2.45, 2.75) is 27.7 Å². The molecule has 1 aromatic carbocycles. The second-order valence-electron chi connectivity index (χ2n) is 1.95. The topological polar surface area (TPSA) is 12.0 Å². The molecule has 3 heteroatoms. The Morgan fingerprint density at radius 3 is 1.47 bits per heavy atom. The van der Waals surface area contributed by atoms with E-state index in [4.69, 9.17) is 0 Å². The number of rotatable bonds is 1. The summed E-state index contributed by atoms with van der Waals surface area (Å²) in [6.07, 6.45) is 0. The van der Waals surface area contributed by atoms with Crippen molar-refractivity contribution >= 4 is 5.69 Å². The van der Waals surface area contributed by atoms with Gasteiger partial charge in [0.25, 0.3) is 0 Å². The predicted molar refractivity (Wildman–Crippen MR) is 63.1 cm³/mol. The smallest absolute Gasteiger partial charge is 0.00914 e. The van der Waals surface area contributed by atoms with Gasteiger partial charge in [-0.15, -0.1) is 0 Å². The van der Waals surface area contributed by atoms with Gasteiger partial charge in [0.15, 0.2) is 0 Å². The summed E-state index contributed by atoms with van der Waals surface area (Å²) in [6, 6.07) is 7.96. The Kier molecular flexibility index (Phi) is 32.3.